The van der Waals surface area contributed by atoms with Gasteiger partial charge in [0.2, 0.25) is 5.91 Å². The lowest BCUT2D eigenvalue weighted by atomic mass is 10.1. The van der Waals surface area contributed by atoms with Crippen LogP contribution in [0.15, 0.2) is 22.7 Å². The molecule has 1 aromatic rings. The fraction of sp³-hybridized carbons (Fsp3) is 0.462. The number of ether oxygens (including phenoxy) is 1. The van der Waals surface area contributed by atoms with Gasteiger partial charge in [0.1, 0.15) is 5.75 Å². The molecule has 0 spiro atoms. The lowest BCUT2D eigenvalue weighted by Crippen LogP contribution is -2.23. The second-order valence-electron chi connectivity index (χ2n) is 4.61. The van der Waals surface area contributed by atoms with Crippen molar-refractivity contribution in [3.8, 4) is 5.75 Å². The molecule has 18 heavy (non-hydrogen) atoms. The predicted molar refractivity (Wildman–Crippen MR) is 74.6 cm³/mol. The van der Waals surface area contributed by atoms with Gasteiger partial charge in [-0.1, -0.05) is 0 Å². The maximum atomic E-state index is 12.1. The van der Waals surface area contributed by atoms with Crippen LogP contribution in [0.25, 0.3) is 0 Å². The molecular weight excluding hydrogens is 296 g/mol. The van der Waals surface area contributed by atoms with Gasteiger partial charge in [0, 0.05) is 22.5 Å². The van der Waals surface area contributed by atoms with E-state index in [9.17, 15) is 4.79 Å². The Morgan fingerprint density at radius 3 is 2.89 bits per heavy atom. The third-order valence-electron chi connectivity index (χ3n) is 3.28. The highest BCUT2D eigenvalue weighted by Gasteiger charge is 2.28. The lowest BCUT2D eigenvalue weighted by molar-refractivity contribution is -0.119. The fourth-order valence-corrected chi connectivity index (χ4v) is 2.56. The van der Waals surface area contributed by atoms with Crippen LogP contribution < -0.4 is 15.8 Å². The number of nitrogens with two attached hydrogens (primary N) is 1. The largest absolute Gasteiger partial charge is 0.497 e. The zero-order valence-corrected chi connectivity index (χ0v) is 11.9. The molecule has 0 radical (unpaired) electrons. The van der Waals surface area contributed by atoms with Crippen LogP contribution in [0.4, 0.5) is 5.69 Å². The van der Waals surface area contributed by atoms with Crippen molar-refractivity contribution in [2.24, 2.45) is 11.7 Å². The number of amides is 1. The number of rotatable bonds is 3. The highest BCUT2D eigenvalue weighted by Crippen LogP contribution is 2.30. The Balaban J connectivity index is 2.06. The van der Waals surface area contributed by atoms with Crippen molar-refractivity contribution in [3.05, 3.63) is 22.7 Å². The molecule has 0 aromatic heterocycles. The average Bonchev–Trinajstić information content (AvgIpc) is 2.79. The first-order valence-electron chi connectivity index (χ1n) is 6.00. The highest BCUT2D eigenvalue weighted by atomic mass is 79.9. The zero-order valence-electron chi connectivity index (χ0n) is 10.3. The summed E-state index contributed by atoms with van der Waals surface area (Å²) in [5.41, 5.74) is 6.56. The number of methoxy groups -OCH3 is 1. The van der Waals surface area contributed by atoms with Crippen LogP contribution in [0, 0.1) is 5.92 Å². The summed E-state index contributed by atoms with van der Waals surface area (Å²) in [6.45, 7) is 0. The molecule has 5 heteroatoms. The maximum absolute atomic E-state index is 12.1. The molecule has 1 amide bonds. The van der Waals surface area contributed by atoms with E-state index < -0.39 is 0 Å². The van der Waals surface area contributed by atoms with Crippen molar-refractivity contribution >= 4 is 27.5 Å². The monoisotopic (exact) mass is 312 g/mol. The van der Waals surface area contributed by atoms with Crippen LogP contribution in [0.2, 0.25) is 0 Å². The van der Waals surface area contributed by atoms with Crippen molar-refractivity contribution < 1.29 is 9.53 Å². The summed E-state index contributed by atoms with van der Waals surface area (Å²) >= 11 is 3.41. The molecule has 1 fully saturated rings. The second-order valence-corrected chi connectivity index (χ2v) is 5.46. The van der Waals surface area contributed by atoms with E-state index in [1.54, 1.807) is 13.2 Å². The van der Waals surface area contributed by atoms with Crippen LogP contribution >= 0.6 is 15.9 Å². The molecule has 98 valence electrons. The molecule has 3 N–H and O–H groups in total. The highest BCUT2D eigenvalue weighted by molar-refractivity contribution is 9.10. The molecule has 4 nitrogen and oxygen atoms in total. The average molecular weight is 313 g/mol. The lowest BCUT2D eigenvalue weighted by Gasteiger charge is -2.13. The number of nitrogens with one attached hydrogen (secondary N) is 1. The van der Waals surface area contributed by atoms with Gasteiger partial charge >= 0.3 is 0 Å². The van der Waals surface area contributed by atoms with Gasteiger partial charge in [-0.25, -0.2) is 0 Å². The first-order chi connectivity index (χ1) is 8.60. The van der Waals surface area contributed by atoms with E-state index in [1.807, 2.05) is 12.1 Å². The van der Waals surface area contributed by atoms with Crippen molar-refractivity contribution in [1.29, 1.82) is 0 Å². The molecule has 1 saturated carbocycles. The minimum absolute atomic E-state index is 0.0260. The Morgan fingerprint density at radius 2 is 2.28 bits per heavy atom. The molecular formula is C13H17BrN2O2. The van der Waals surface area contributed by atoms with Gasteiger partial charge in [-0.2, -0.15) is 0 Å². The van der Waals surface area contributed by atoms with E-state index in [-0.39, 0.29) is 17.9 Å². The standard InChI is InChI=1S/C13H17BrN2O2/c1-18-10-4-5-11(14)12(7-10)16-13(17)8-2-3-9(15)6-8/h4-5,7-9H,2-3,6,15H2,1H3,(H,16,17). The van der Waals surface area contributed by atoms with Crippen molar-refractivity contribution in [2.75, 3.05) is 12.4 Å². The number of hydrogen-bond donors (Lipinski definition) is 2. The SMILES string of the molecule is COc1ccc(Br)c(NC(=O)C2CCC(N)C2)c1. The number of anilines is 1. The fourth-order valence-electron chi connectivity index (χ4n) is 2.22. The summed E-state index contributed by atoms with van der Waals surface area (Å²) in [5, 5.41) is 2.93. The van der Waals surface area contributed by atoms with Crippen LogP contribution in [0.1, 0.15) is 19.3 Å². The Morgan fingerprint density at radius 1 is 1.50 bits per heavy atom. The van der Waals surface area contributed by atoms with E-state index in [1.165, 1.54) is 0 Å². The Hall–Kier alpha value is -1.07. The van der Waals surface area contributed by atoms with E-state index >= 15 is 0 Å². The van der Waals surface area contributed by atoms with E-state index in [2.05, 4.69) is 21.2 Å². The Labute approximate surface area is 115 Å². The number of carbonyl (C=O) groups is 1. The van der Waals surface area contributed by atoms with Crippen LogP contribution in [-0.2, 0) is 4.79 Å². The Bertz CT molecular complexity index is 451. The van der Waals surface area contributed by atoms with Gasteiger partial charge in [0.05, 0.1) is 12.8 Å². The number of hydrogen-bond acceptors (Lipinski definition) is 3. The van der Waals surface area contributed by atoms with Gasteiger partial charge in [0.25, 0.3) is 0 Å². The second kappa shape index (κ2) is 5.71. The van der Waals surface area contributed by atoms with Crippen LogP contribution in [0.3, 0.4) is 0 Å². The molecule has 2 unspecified atom stereocenters. The van der Waals surface area contributed by atoms with E-state index in [4.69, 9.17) is 10.5 Å². The van der Waals surface area contributed by atoms with Gasteiger partial charge in [0.15, 0.2) is 0 Å². The van der Waals surface area contributed by atoms with Crippen molar-refractivity contribution in [3.63, 3.8) is 0 Å². The molecule has 1 aromatic carbocycles. The predicted octanol–water partition coefficient (Wildman–Crippen LogP) is 2.52. The van der Waals surface area contributed by atoms with Gasteiger partial charge < -0.3 is 15.8 Å². The summed E-state index contributed by atoms with van der Waals surface area (Å²) in [7, 11) is 1.60. The zero-order chi connectivity index (χ0) is 13.1. The minimum Gasteiger partial charge on any atom is -0.497 e. The van der Waals surface area contributed by atoms with Crippen molar-refractivity contribution in [1.82, 2.24) is 0 Å². The van der Waals surface area contributed by atoms with Gasteiger partial charge in [-0.05, 0) is 47.3 Å². The topological polar surface area (TPSA) is 64.3 Å². The molecule has 1 aliphatic rings. The summed E-state index contributed by atoms with van der Waals surface area (Å²) in [4.78, 5) is 12.1. The van der Waals surface area contributed by atoms with Crippen LogP contribution in [0.5, 0.6) is 5.75 Å². The van der Waals surface area contributed by atoms with Crippen molar-refractivity contribution in [2.45, 2.75) is 25.3 Å². The molecule has 1 aliphatic carbocycles. The molecule has 0 aliphatic heterocycles. The Kier molecular flexibility index (Phi) is 4.24. The summed E-state index contributed by atoms with van der Waals surface area (Å²) in [6, 6.07) is 5.66. The number of carbonyl (C=O) groups excluding carboxylic acids is 1. The summed E-state index contributed by atoms with van der Waals surface area (Å²) < 4.78 is 5.99. The maximum Gasteiger partial charge on any atom is 0.227 e. The van der Waals surface area contributed by atoms with Crippen LogP contribution in [-0.4, -0.2) is 19.1 Å². The quantitative estimate of drug-likeness (QED) is 0.901. The number of benzene rings is 1. The van der Waals surface area contributed by atoms with Gasteiger partial charge in [-0.3, -0.25) is 4.79 Å². The third-order valence-corrected chi connectivity index (χ3v) is 3.97. The van der Waals surface area contributed by atoms with E-state index in [0.29, 0.717) is 0 Å². The van der Waals surface area contributed by atoms with Gasteiger partial charge in [-0.15, -0.1) is 0 Å². The first-order valence-corrected chi connectivity index (χ1v) is 6.79. The summed E-state index contributed by atoms with van der Waals surface area (Å²) in [6.07, 6.45) is 2.57. The molecule has 0 heterocycles. The molecule has 2 atom stereocenters. The normalized spacial score (nSPS) is 22.8. The minimum atomic E-state index is 0.0260. The molecule has 0 saturated heterocycles. The smallest absolute Gasteiger partial charge is 0.227 e. The first kappa shape index (κ1) is 13.4. The summed E-state index contributed by atoms with van der Waals surface area (Å²) in [5.74, 6) is 0.784. The molecule has 0 bridgehead atoms. The van der Waals surface area contributed by atoms with E-state index in [0.717, 1.165) is 35.2 Å². The number of halogens is 1. The molecule has 2 rings (SSSR count). The third kappa shape index (κ3) is 3.03.